The van der Waals surface area contributed by atoms with Gasteiger partial charge in [0.1, 0.15) is 0 Å². The van der Waals surface area contributed by atoms with Crippen molar-refractivity contribution < 1.29 is 0 Å². The molecule has 0 N–H and O–H groups in total. The van der Waals surface area contributed by atoms with Crippen molar-refractivity contribution in [3.05, 3.63) is 231 Å². The molecular formula is C58H38N2. The van der Waals surface area contributed by atoms with Crippen molar-refractivity contribution in [3.63, 3.8) is 0 Å². The molecule has 0 radical (unpaired) electrons. The SMILES string of the molecule is c1ccc(-c2ccc(N(c3ccc(-c4ccc5c(c4)c4ccccc4n5-c4cccc5ccccc45)cc3)c3ccc4c5ccccc5c5ccccc5c4c3)cc2)cc1. The fourth-order valence-electron chi connectivity index (χ4n) is 9.53. The van der Waals surface area contributed by atoms with Gasteiger partial charge in [-0.3, -0.25) is 0 Å². The fourth-order valence-corrected chi connectivity index (χ4v) is 9.53. The molecule has 12 aromatic rings. The first-order chi connectivity index (χ1) is 29.8. The Morgan fingerprint density at radius 1 is 0.250 bits per heavy atom. The molecule has 11 aromatic carbocycles. The average molecular weight is 763 g/mol. The molecule has 0 bridgehead atoms. The Kier molecular flexibility index (Phi) is 7.89. The lowest BCUT2D eigenvalue weighted by Gasteiger charge is -2.26. The standard InChI is InChI=1S/C58H38N2/c1-2-13-39(14-3-1)40-25-30-44(31-26-40)59(46-34-35-52-50-20-7-6-18-48(50)49-19-8-9-21-51(49)54(52)38-46)45-32-27-41(28-33-45)43-29-36-58-55(37-43)53-22-10-11-23-57(53)60(58)56-24-12-16-42-15-4-5-17-47(42)56/h1-38H. The van der Waals surface area contributed by atoms with Crippen LogP contribution >= 0.6 is 0 Å². The first-order valence-corrected chi connectivity index (χ1v) is 20.7. The largest absolute Gasteiger partial charge is 0.310 e. The van der Waals surface area contributed by atoms with Gasteiger partial charge in [-0.15, -0.1) is 0 Å². The average Bonchev–Trinajstić information content (AvgIpc) is 3.66. The summed E-state index contributed by atoms with van der Waals surface area (Å²) in [5.41, 5.74) is 11.7. The van der Waals surface area contributed by atoms with Gasteiger partial charge in [-0.1, -0.05) is 170 Å². The smallest absolute Gasteiger partial charge is 0.0541 e. The van der Waals surface area contributed by atoms with Crippen LogP contribution in [0.3, 0.4) is 0 Å². The van der Waals surface area contributed by atoms with Crippen LogP contribution in [-0.2, 0) is 0 Å². The van der Waals surface area contributed by atoms with Crippen LogP contribution in [0.5, 0.6) is 0 Å². The van der Waals surface area contributed by atoms with Crippen molar-refractivity contribution in [1.82, 2.24) is 4.57 Å². The molecule has 0 spiro atoms. The molecule has 0 unspecified atom stereocenters. The monoisotopic (exact) mass is 762 g/mol. The van der Waals surface area contributed by atoms with Crippen molar-refractivity contribution >= 4 is 82.0 Å². The maximum absolute atomic E-state index is 2.43. The predicted octanol–water partition coefficient (Wildman–Crippen LogP) is 16.2. The van der Waals surface area contributed by atoms with E-state index in [0.29, 0.717) is 0 Å². The van der Waals surface area contributed by atoms with Crippen LogP contribution < -0.4 is 4.90 Å². The van der Waals surface area contributed by atoms with Crippen molar-refractivity contribution in [3.8, 4) is 27.9 Å². The summed E-state index contributed by atoms with van der Waals surface area (Å²) in [7, 11) is 0. The van der Waals surface area contributed by atoms with Crippen LogP contribution in [0.2, 0.25) is 0 Å². The van der Waals surface area contributed by atoms with Crippen molar-refractivity contribution in [2.75, 3.05) is 4.90 Å². The Balaban J connectivity index is 0.991. The molecular weight excluding hydrogens is 725 g/mol. The number of hydrogen-bond acceptors (Lipinski definition) is 1. The summed E-state index contributed by atoms with van der Waals surface area (Å²) in [4.78, 5) is 2.39. The minimum atomic E-state index is 1.10. The minimum Gasteiger partial charge on any atom is -0.310 e. The van der Waals surface area contributed by atoms with Crippen molar-refractivity contribution in [2.45, 2.75) is 0 Å². The van der Waals surface area contributed by atoms with E-state index in [2.05, 4.69) is 240 Å². The molecule has 2 nitrogen and oxygen atoms in total. The number of rotatable bonds is 6. The number of aromatic nitrogens is 1. The predicted molar refractivity (Wildman–Crippen MR) is 256 cm³/mol. The van der Waals surface area contributed by atoms with Gasteiger partial charge in [0.2, 0.25) is 0 Å². The first-order valence-electron chi connectivity index (χ1n) is 20.7. The van der Waals surface area contributed by atoms with E-state index >= 15 is 0 Å². The van der Waals surface area contributed by atoms with E-state index in [4.69, 9.17) is 0 Å². The Morgan fingerprint density at radius 2 is 0.717 bits per heavy atom. The van der Waals surface area contributed by atoms with Crippen LogP contribution in [0.1, 0.15) is 0 Å². The number of anilines is 3. The highest BCUT2D eigenvalue weighted by Gasteiger charge is 2.18. The van der Waals surface area contributed by atoms with Gasteiger partial charge in [-0.25, -0.2) is 0 Å². The second-order valence-corrected chi connectivity index (χ2v) is 15.7. The molecule has 0 aliphatic carbocycles. The summed E-state index contributed by atoms with van der Waals surface area (Å²) in [6.45, 7) is 0. The molecule has 0 atom stereocenters. The van der Waals surface area contributed by atoms with E-state index in [0.717, 1.165) is 17.1 Å². The number of nitrogens with zero attached hydrogens (tertiary/aromatic N) is 2. The van der Waals surface area contributed by atoms with Crippen LogP contribution in [0.4, 0.5) is 17.1 Å². The highest BCUT2D eigenvalue weighted by atomic mass is 15.1. The Bertz CT molecular complexity index is 3540. The summed E-state index contributed by atoms with van der Waals surface area (Å²) >= 11 is 0. The molecule has 60 heavy (non-hydrogen) atoms. The van der Waals surface area contributed by atoms with E-state index in [1.807, 2.05) is 0 Å². The molecule has 12 rings (SSSR count). The van der Waals surface area contributed by atoms with Crippen LogP contribution in [0, 0.1) is 0 Å². The fraction of sp³-hybridized carbons (Fsp3) is 0. The number of hydrogen-bond donors (Lipinski definition) is 0. The second-order valence-electron chi connectivity index (χ2n) is 15.7. The number of fused-ring (bicyclic) bond motifs is 10. The van der Waals surface area contributed by atoms with Gasteiger partial charge in [0.15, 0.2) is 0 Å². The van der Waals surface area contributed by atoms with E-state index in [1.54, 1.807) is 0 Å². The third kappa shape index (κ3) is 5.50. The van der Waals surface area contributed by atoms with Crippen LogP contribution in [0.25, 0.3) is 92.8 Å². The second kappa shape index (κ2) is 13.9. The first kappa shape index (κ1) is 34.1. The van der Waals surface area contributed by atoms with Crippen LogP contribution in [0.15, 0.2) is 231 Å². The molecule has 1 aromatic heterocycles. The summed E-state index contributed by atoms with van der Waals surface area (Å²) in [5.74, 6) is 0. The summed E-state index contributed by atoms with van der Waals surface area (Å²) < 4.78 is 2.43. The molecule has 1 heterocycles. The zero-order chi connectivity index (χ0) is 39.6. The van der Waals surface area contributed by atoms with Crippen molar-refractivity contribution in [1.29, 1.82) is 0 Å². The Morgan fingerprint density at radius 3 is 1.40 bits per heavy atom. The van der Waals surface area contributed by atoms with Gasteiger partial charge < -0.3 is 9.47 Å². The van der Waals surface area contributed by atoms with E-state index < -0.39 is 0 Å². The highest BCUT2D eigenvalue weighted by molar-refractivity contribution is 6.26. The van der Waals surface area contributed by atoms with Gasteiger partial charge in [-0.2, -0.15) is 0 Å². The molecule has 0 saturated carbocycles. The molecule has 0 aliphatic heterocycles. The molecule has 280 valence electrons. The van der Waals surface area contributed by atoms with E-state index in [9.17, 15) is 0 Å². The normalized spacial score (nSPS) is 11.7. The quantitative estimate of drug-likeness (QED) is 0.153. The third-order valence-electron chi connectivity index (χ3n) is 12.4. The number of benzene rings is 11. The van der Waals surface area contributed by atoms with Gasteiger partial charge >= 0.3 is 0 Å². The topological polar surface area (TPSA) is 8.17 Å². The Hall–Kier alpha value is -7.94. The van der Waals surface area contributed by atoms with E-state index in [-0.39, 0.29) is 0 Å². The summed E-state index contributed by atoms with van der Waals surface area (Å²) in [6.07, 6.45) is 0. The summed E-state index contributed by atoms with van der Waals surface area (Å²) in [5, 5.41) is 12.6. The maximum atomic E-state index is 2.43. The minimum absolute atomic E-state index is 1.10. The molecule has 0 fully saturated rings. The molecule has 0 amide bonds. The number of para-hydroxylation sites is 1. The van der Waals surface area contributed by atoms with E-state index in [1.165, 1.54) is 92.8 Å². The maximum Gasteiger partial charge on any atom is 0.0541 e. The van der Waals surface area contributed by atoms with Gasteiger partial charge in [0.25, 0.3) is 0 Å². The highest BCUT2D eigenvalue weighted by Crippen LogP contribution is 2.42. The Labute approximate surface area is 348 Å². The zero-order valence-electron chi connectivity index (χ0n) is 32.8. The van der Waals surface area contributed by atoms with Crippen molar-refractivity contribution in [2.24, 2.45) is 0 Å². The van der Waals surface area contributed by atoms with Crippen LogP contribution in [-0.4, -0.2) is 4.57 Å². The lowest BCUT2D eigenvalue weighted by atomic mass is 9.94. The molecule has 0 aliphatic rings. The summed E-state index contributed by atoms with van der Waals surface area (Å²) in [6, 6.07) is 84.2. The molecule has 0 saturated heterocycles. The lowest BCUT2D eigenvalue weighted by Crippen LogP contribution is -2.10. The molecule has 2 heteroatoms. The van der Waals surface area contributed by atoms with Gasteiger partial charge in [-0.05, 0) is 121 Å². The van der Waals surface area contributed by atoms with Gasteiger partial charge in [0.05, 0.1) is 16.7 Å². The lowest BCUT2D eigenvalue weighted by molar-refractivity contribution is 1.20. The van der Waals surface area contributed by atoms with Gasteiger partial charge in [0, 0.05) is 33.2 Å². The third-order valence-corrected chi connectivity index (χ3v) is 12.4. The zero-order valence-corrected chi connectivity index (χ0v) is 32.8.